The number of hydrogen-bond acceptors (Lipinski definition) is 14. The second-order valence-corrected chi connectivity index (χ2v) is 21.1. The number of thioether (sulfide) groups is 1. The van der Waals surface area contributed by atoms with Gasteiger partial charge < -0.3 is 43.5 Å². The predicted molar refractivity (Wildman–Crippen MR) is 267 cm³/mol. The first-order chi connectivity index (χ1) is 32.8. The van der Waals surface area contributed by atoms with Gasteiger partial charge in [0.25, 0.3) is 0 Å². The van der Waals surface area contributed by atoms with Crippen molar-refractivity contribution in [2.45, 2.75) is 125 Å². The highest BCUT2D eigenvalue weighted by Gasteiger charge is 2.64. The summed E-state index contributed by atoms with van der Waals surface area (Å²) in [4.78, 5) is 72.6. The summed E-state index contributed by atoms with van der Waals surface area (Å²) in [5.41, 5.74) is 0.921. The number of likely N-dealkylation sites (tertiary alicyclic amines) is 1. The molecule has 6 rings (SSSR count). The van der Waals surface area contributed by atoms with E-state index in [1.807, 2.05) is 22.6 Å². The van der Waals surface area contributed by atoms with Crippen molar-refractivity contribution in [3.63, 3.8) is 0 Å². The third-order valence-corrected chi connectivity index (χ3v) is 16.2. The Balaban J connectivity index is 1.11. The van der Waals surface area contributed by atoms with E-state index in [1.165, 1.54) is 42.8 Å². The zero-order valence-electron chi connectivity index (χ0n) is 40.4. The van der Waals surface area contributed by atoms with E-state index in [0.29, 0.717) is 53.3 Å². The van der Waals surface area contributed by atoms with Crippen LogP contribution >= 0.6 is 55.2 Å². The van der Waals surface area contributed by atoms with Crippen LogP contribution in [0.15, 0.2) is 35.9 Å². The first-order valence-electron chi connectivity index (χ1n) is 23.0. The van der Waals surface area contributed by atoms with Crippen LogP contribution in [-0.4, -0.2) is 154 Å². The topological polar surface area (TPSA) is 207 Å². The first kappa shape index (κ1) is 54.6. The number of likely N-dealkylation sites (N-methyl/N-ethyl adjacent to an activating group) is 1. The molecule has 0 spiro atoms. The smallest absolute Gasteiger partial charge is 0.409 e. The number of methoxy groups -OCH3 is 2. The summed E-state index contributed by atoms with van der Waals surface area (Å²) in [5, 5.41) is 24.5. The molecule has 0 saturated carbocycles. The minimum absolute atomic E-state index is 0.0191. The number of esters is 1. The normalized spacial score (nSPS) is 27.1. The van der Waals surface area contributed by atoms with E-state index in [4.69, 9.17) is 35.3 Å². The molecular formula is C47H64Br2ClN7O11S. The zero-order valence-corrected chi connectivity index (χ0v) is 45.1. The molecule has 4 aliphatic rings. The van der Waals surface area contributed by atoms with Crippen molar-refractivity contribution in [3.05, 3.63) is 57.9 Å². The summed E-state index contributed by atoms with van der Waals surface area (Å²) in [5.74, 6) is -0.766. The van der Waals surface area contributed by atoms with Crippen LogP contribution in [0, 0.1) is 11.8 Å². The number of hydrogen-bond donors (Lipinski definition) is 2. The molecule has 0 unspecified atom stereocenters. The van der Waals surface area contributed by atoms with E-state index in [-0.39, 0.29) is 41.9 Å². The number of aromatic nitrogens is 3. The third-order valence-electron chi connectivity index (χ3n) is 13.8. The Morgan fingerprint density at radius 3 is 2.55 bits per heavy atom. The second-order valence-electron chi connectivity index (χ2n) is 18.5. The predicted octanol–water partition coefficient (Wildman–Crippen LogP) is 5.96. The van der Waals surface area contributed by atoms with Crippen LogP contribution in [0.5, 0.6) is 5.75 Å². The number of amides is 4. The molecule has 0 aliphatic carbocycles. The highest BCUT2D eigenvalue weighted by molar-refractivity contribution is 9.09. The molecule has 4 bridgehead atoms. The van der Waals surface area contributed by atoms with Gasteiger partial charge in [0, 0.05) is 76.0 Å². The summed E-state index contributed by atoms with van der Waals surface area (Å²) in [6, 6.07) is 2.51. The fraction of sp³-hybridized carbons (Fsp3) is 0.638. The number of carbonyl (C=O) groups is 5. The number of piperidine rings is 1. The number of nitrogens with one attached hydrogen (secondary N) is 1. The maximum Gasteiger partial charge on any atom is 0.409 e. The standard InChI is InChI=1S/C47H64Br2ClN7O11S/c1-27-10-9-11-37(65-8)47(63)22-36(66-45(62)51-47)28(2)43-46(4,68-43)38(21-40(59)55(6)33-19-31(18-27)20-35(64-7)42(33)50)67-44(61)29(3)54(5)39(58)14-17-69-26-41(60)56-15-12-30(13-16-56)25-57-34(24-49)32(23-48)52-53-57/h9-11,19-20,28-30,36-38,43,63H,12-18,21-26H2,1-8H3,(H,51,62)/t28-,29+,36+,37-,38+,43+,46+,47+/m1/s1. The van der Waals surface area contributed by atoms with Gasteiger partial charge in [-0.1, -0.05) is 79.4 Å². The lowest BCUT2D eigenvalue weighted by Gasteiger charge is -2.42. The monoisotopic (exact) mass is 1130 g/mol. The van der Waals surface area contributed by atoms with Crippen molar-refractivity contribution in [1.29, 1.82) is 0 Å². The molecule has 4 aliphatic heterocycles. The molecule has 3 saturated heterocycles. The summed E-state index contributed by atoms with van der Waals surface area (Å²) < 4.78 is 31.4. The Kier molecular flexibility index (Phi) is 18.7. The van der Waals surface area contributed by atoms with Crippen LogP contribution in [0.4, 0.5) is 10.5 Å². The Morgan fingerprint density at radius 1 is 1.16 bits per heavy atom. The van der Waals surface area contributed by atoms with E-state index >= 15 is 0 Å². The molecule has 69 heavy (non-hydrogen) atoms. The van der Waals surface area contributed by atoms with Crippen LogP contribution < -0.4 is 15.0 Å². The van der Waals surface area contributed by atoms with Gasteiger partial charge in [0.1, 0.15) is 40.7 Å². The van der Waals surface area contributed by atoms with Crippen LogP contribution in [0.1, 0.15) is 76.8 Å². The maximum absolute atomic E-state index is 14.3. The van der Waals surface area contributed by atoms with Crippen LogP contribution in [0.2, 0.25) is 5.02 Å². The summed E-state index contributed by atoms with van der Waals surface area (Å²) >= 11 is 15.2. The Morgan fingerprint density at radius 2 is 1.88 bits per heavy atom. The number of rotatable bonds is 14. The summed E-state index contributed by atoms with van der Waals surface area (Å²) in [7, 11) is 5.99. The van der Waals surface area contributed by atoms with Gasteiger partial charge in [-0.3, -0.25) is 19.7 Å². The van der Waals surface area contributed by atoms with Crippen molar-refractivity contribution >= 4 is 90.7 Å². The Labute approximate surface area is 429 Å². The Bertz CT molecular complexity index is 2280. The molecule has 0 radical (unpaired) electrons. The number of aliphatic hydroxyl groups is 1. The lowest BCUT2D eigenvalue weighted by Crippen LogP contribution is -2.63. The van der Waals surface area contributed by atoms with Gasteiger partial charge in [0.15, 0.2) is 5.72 Å². The molecule has 4 amide bonds. The molecule has 1 aromatic heterocycles. The van der Waals surface area contributed by atoms with E-state index in [2.05, 4.69) is 47.5 Å². The number of alkyl halides is 2. The van der Waals surface area contributed by atoms with Gasteiger partial charge in [-0.15, -0.1) is 5.10 Å². The van der Waals surface area contributed by atoms with Gasteiger partial charge in [0.2, 0.25) is 17.7 Å². The van der Waals surface area contributed by atoms with Crippen LogP contribution in [0.3, 0.4) is 0 Å². The molecular weight excluding hydrogens is 1070 g/mol. The molecule has 2 aromatic rings. The number of nitrogens with zero attached hydrogens (tertiary/aromatic N) is 6. The molecule has 18 nitrogen and oxygen atoms in total. The highest BCUT2D eigenvalue weighted by atomic mass is 79.9. The highest BCUT2D eigenvalue weighted by Crippen LogP contribution is 2.49. The van der Waals surface area contributed by atoms with Crippen LogP contribution in [-0.2, 0) is 61.8 Å². The molecule has 3 fully saturated rings. The van der Waals surface area contributed by atoms with E-state index in [1.54, 1.807) is 52.1 Å². The molecule has 2 N–H and O–H groups in total. The van der Waals surface area contributed by atoms with Crippen molar-refractivity contribution in [2.75, 3.05) is 57.8 Å². The van der Waals surface area contributed by atoms with Gasteiger partial charge in [0.05, 0.1) is 42.5 Å². The quantitative estimate of drug-likeness (QED) is 0.0970. The minimum atomic E-state index is -1.85. The maximum atomic E-state index is 14.3. The van der Waals surface area contributed by atoms with E-state index in [9.17, 15) is 29.1 Å². The molecule has 1 aromatic carbocycles. The molecule has 380 valence electrons. The lowest BCUT2D eigenvalue weighted by atomic mass is 9.83. The zero-order chi connectivity index (χ0) is 50.4. The summed E-state index contributed by atoms with van der Waals surface area (Å²) in [6.07, 6.45) is 2.48. The average Bonchev–Trinajstić information content (AvgIpc) is 3.87. The van der Waals surface area contributed by atoms with Crippen molar-refractivity contribution in [3.8, 4) is 5.75 Å². The first-order valence-corrected chi connectivity index (χ1v) is 26.8. The fourth-order valence-corrected chi connectivity index (χ4v) is 11.4. The number of epoxide rings is 1. The molecule has 5 heterocycles. The van der Waals surface area contributed by atoms with Gasteiger partial charge >= 0.3 is 12.1 Å². The average molecular weight is 1130 g/mol. The van der Waals surface area contributed by atoms with E-state index < -0.39 is 65.7 Å². The van der Waals surface area contributed by atoms with E-state index in [0.717, 1.165) is 41.9 Å². The number of allylic oxidation sites excluding steroid dienone is 3. The second kappa shape index (κ2) is 23.7. The van der Waals surface area contributed by atoms with Crippen molar-refractivity contribution in [1.82, 2.24) is 30.1 Å². The number of halogens is 3. The number of fused-ring (bicyclic) bond motifs is 5. The van der Waals surface area contributed by atoms with Gasteiger partial charge in [-0.2, -0.15) is 11.8 Å². The molecule has 8 atom stereocenters. The lowest BCUT2D eigenvalue weighted by molar-refractivity contribution is -0.162. The minimum Gasteiger partial charge on any atom is -0.495 e. The Hall–Kier alpha value is -3.73. The van der Waals surface area contributed by atoms with Gasteiger partial charge in [-0.05, 0) is 63.6 Å². The number of anilines is 1. The number of benzene rings is 1. The third kappa shape index (κ3) is 12.8. The van der Waals surface area contributed by atoms with Crippen molar-refractivity contribution in [2.24, 2.45) is 11.8 Å². The molecule has 22 heteroatoms. The SMILES string of the molecule is COc1cc2cc(c1Cl)N(C)C(=O)C[C@H](OC(=O)[C@H](C)N(C)C(=O)CCSCC(=O)N1CCC(Cn3nnc(CBr)c3CBr)CC1)[C@]1(C)O[C@H]1[C@H](C)[C@@H]1C[C@@](O)(NC(=O)O1)[C@H](OC)C=CC=C(C)C2. The van der Waals surface area contributed by atoms with Crippen molar-refractivity contribution < 1.29 is 52.8 Å². The summed E-state index contributed by atoms with van der Waals surface area (Å²) in [6.45, 7) is 9.01. The number of carbonyl (C=O) groups excluding carboxylic acids is 5. The largest absolute Gasteiger partial charge is 0.495 e. The van der Waals surface area contributed by atoms with Crippen LogP contribution in [0.25, 0.3) is 0 Å². The fourth-order valence-electron chi connectivity index (χ4n) is 9.18. The van der Waals surface area contributed by atoms with Gasteiger partial charge in [-0.25, -0.2) is 14.3 Å². The number of alkyl carbamates (subject to hydrolysis) is 1. The number of ether oxygens (including phenoxy) is 5.